The SMILES string of the molecule is CC1NC(c2ccsc2)N(CCN2CCCCC2)C1=O. The Morgan fingerprint density at radius 3 is 2.80 bits per heavy atom. The van der Waals surface area contributed by atoms with Crippen molar-refractivity contribution < 1.29 is 4.79 Å². The van der Waals surface area contributed by atoms with Crippen molar-refractivity contribution >= 4 is 17.2 Å². The van der Waals surface area contributed by atoms with Crippen LogP contribution < -0.4 is 5.32 Å². The summed E-state index contributed by atoms with van der Waals surface area (Å²) in [5, 5.41) is 7.62. The van der Waals surface area contributed by atoms with Crippen LogP contribution in [0, 0.1) is 0 Å². The summed E-state index contributed by atoms with van der Waals surface area (Å²) in [6.07, 6.45) is 4.02. The molecule has 2 fully saturated rings. The summed E-state index contributed by atoms with van der Waals surface area (Å²) in [7, 11) is 0. The first-order valence-electron chi connectivity index (χ1n) is 7.56. The Kier molecular flexibility index (Phi) is 4.38. The molecule has 3 rings (SSSR count). The number of amides is 1. The first-order chi connectivity index (χ1) is 9.75. The molecule has 1 amide bonds. The van der Waals surface area contributed by atoms with Crippen molar-refractivity contribution in [3.05, 3.63) is 22.4 Å². The standard InChI is InChI=1S/C15H23N3OS/c1-12-15(19)18(9-8-17-6-3-2-4-7-17)14(16-12)13-5-10-20-11-13/h5,10-12,14,16H,2-4,6-9H2,1H3. The first-order valence-corrected chi connectivity index (χ1v) is 8.51. The van der Waals surface area contributed by atoms with Gasteiger partial charge in [0.05, 0.1) is 6.04 Å². The van der Waals surface area contributed by atoms with E-state index in [2.05, 4.69) is 27.0 Å². The van der Waals surface area contributed by atoms with Gasteiger partial charge in [0.15, 0.2) is 0 Å². The van der Waals surface area contributed by atoms with Crippen molar-refractivity contribution in [1.82, 2.24) is 15.1 Å². The third kappa shape index (κ3) is 2.90. The zero-order chi connectivity index (χ0) is 13.9. The minimum absolute atomic E-state index is 0.0635. The van der Waals surface area contributed by atoms with Crippen molar-refractivity contribution in [2.24, 2.45) is 0 Å². The van der Waals surface area contributed by atoms with Gasteiger partial charge in [-0.05, 0) is 55.2 Å². The highest BCUT2D eigenvalue weighted by atomic mass is 32.1. The van der Waals surface area contributed by atoms with Crippen LogP contribution in [-0.2, 0) is 4.79 Å². The topological polar surface area (TPSA) is 35.6 Å². The van der Waals surface area contributed by atoms with Crippen LogP contribution in [0.1, 0.15) is 37.9 Å². The third-order valence-corrected chi connectivity index (χ3v) is 5.04. The van der Waals surface area contributed by atoms with E-state index in [0.29, 0.717) is 0 Å². The number of carbonyl (C=O) groups excluding carboxylic acids is 1. The zero-order valence-electron chi connectivity index (χ0n) is 12.0. The highest BCUT2D eigenvalue weighted by molar-refractivity contribution is 7.07. The van der Waals surface area contributed by atoms with Crippen LogP contribution >= 0.6 is 11.3 Å². The van der Waals surface area contributed by atoms with Gasteiger partial charge in [-0.25, -0.2) is 0 Å². The van der Waals surface area contributed by atoms with Gasteiger partial charge in [0.1, 0.15) is 6.17 Å². The van der Waals surface area contributed by atoms with Crippen molar-refractivity contribution in [3.8, 4) is 0 Å². The Bertz CT molecular complexity index is 442. The molecule has 1 aromatic rings. The number of nitrogens with one attached hydrogen (secondary N) is 1. The Labute approximate surface area is 124 Å². The van der Waals surface area contributed by atoms with Crippen LogP contribution in [-0.4, -0.2) is 47.9 Å². The fraction of sp³-hybridized carbons (Fsp3) is 0.667. The number of rotatable bonds is 4. The smallest absolute Gasteiger partial charge is 0.241 e. The second-order valence-corrected chi connectivity index (χ2v) is 6.56. The molecule has 2 atom stereocenters. The van der Waals surface area contributed by atoms with Gasteiger partial charge in [0.2, 0.25) is 5.91 Å². The lowest BCUT2D eigenvalue weighted by Crippen LogP contribution is -2.40. The number of likely N-dealkylation sites (tertiary alicyclic amines) is 1. The normalized spacial score (nSPS) is 28.2. The van der Waals surface area contributed by atoms with Crippen molar-refractivity contribution in [2.45, 2.75) is 38.4 Å². The van der Waals surface area contributed by atoms with Gasteiger partial charge in [-0.15, -0.1) is 0 Å². The average molecular weight is 293 g/mol. The third-order valence-electron chi connectivity index (χ3n) is 4.34. The van der Waals surface area contributed by atoms with E-state index in [1.54, 1.807) is 11.3 Å². The number of carbonyl (C=O) groups is 1. The summed E-state index contributed by atoms with van der Waals surface area (Å²) < 4.78 is 0. The van der Waals surface area contributed by atoms with E-state index in [-0.39, 0.29) is 18.1 Å². The quantitative estimate of drug-likeness (QED) is 0.923. The van der Waals surface area contributed by atoms with Gasteiger partial charge in [-0.2, -0.15) is 11.3 Å². The van der Waals surface area contributed by atoms with Crippen LogP contribution in [0.2, 0.25) is 0 Å². The summed E-state index contributed by atoms with van der Waals surface area (Å²) in [5.41, 5.74) is 1.21. The maximum atomic E-state index is 12.3. The number of thiophene rings is 1. The molecule has 110 valence electrons. The van der Waals surface area contributed by atoms with Gasteiger partial charge in [-0.1, -0.05) is 6.42 Å². The molecule has 0 bridgehead atoms. The van der Waals surface area contributed by atoms with E-state index in [0.717, 1.165) is 13.1 Å². The number of hydrogen-bond donors (Lipinski definition) is 1. The lowest BCUT2D eigenvalue weighted by atomic mass is 10.1. The van der Waals surface area contributed by atoms with Crippen LogP contribution in [0.5, 0.6) is 0 Å². The molecule has 2 saturated heterocycles. The van der Waals surface area contributed by atoms with E-state index in [9.17, 15) is 4.79 Å². The minimum Gasteiger partial charge on any atom is -0.320 e. The molecule has 2 aliphatic heterocycles. The number of nitrogens with zero attached hydrogens (tertiary/aromatic N) is 2. The predicted octanol–water partition coefficient (Wildman–Crippen LogP) is 2.05. The minimum atomic E-state index is -0.0683. The maximum Gasteiger partial charge on any atom is 0.241 e. The molecule has 5 heteroatoms. The van der Waals surface area contributed by atoms with Gasteiger partial charge in [0, 0.05) is 13.1 Å². The highest BCUT2D eigenvalue weighted by Gasteiger charge is 2.37. The van der Waals surface area contributed by atoms with E-state index in [4.69, 9.17) is 0 Å². The van der Waals surface area contributed by atoms with Crippen molar-refractivity contribution in [3.63, 3.8) is 0 Å². The Morgan fingerprint density at radius 1 is 1.30 bits per heavy atom. The lowest BCUT2D eigenvalue weighted by molar-refractivity contribution is -0.130. The summed E-state index contributed by atoms with van der Waals surface area (Å²) in [4.78, 5) is 16.8. The zero-order valence-corrected chi connectivity index (χ0v) is 12.9. The molecule has 2 aliphatic rings. The van der Waals surface area contributed by atoms with Gasteiger partial charge >= 0.3 is 0 Å². The first kappa shape index (κ1) is 14.0. The summed E-state index contributed by atoms with van der Waals surface area (Å²) in [6.45, 7) is 6.17. The van der Waals surface area contributed by atoms with Crippen molar-refractivity contribution in [1.29, 1.82) is 0 Å². The molecule has 4 nitrogen and oxygen atoms in total. The van der Waals surface area contributed by atoms with Crippen LogP contribution in [0.25, 0.3) is 0 Å². The molecular formula is C15H23N3OS. The van der Waals surface area contributed by atoms with Gasteiger partial charge in [0.25, 0.3) is 0 Å². The van der Waals surface area contributed by atoms with Gasteiger partial charge in [-0.3, -0.25) is 10.1 Å². The summed E-state index contributed by atoms with van der Waals surface area (Å²) in [6, 6.07) is 2.04. The summed E-state index contributed by atoms with van der Waals surface area (Å²) in [5.74, 6) is 0.234. The Balaban J connectivity index is 1.63. The second kappa shape index (κ2) is 6.24. The molecule has 1 N–H and O–H groups in total. The van der Waals surface area contributed by atoms with Crippen LogP contribution in [0.3, 0.4) is 0 Å². The average Bonchev–Trinajstić information content (AvgIpc) is 3.08. The molecule has 0 saturated carbocycles. The number of piperidine rings is 1. The number of hydrogen-bond acceptors (Lipinski definition) is 4. The maximum absolute atomic E-state index is 12.3. The molecule has 0 aromatic carbocycles. The van der Waals surface area contributed by atoms with Crippen LogP contribution in [0.4, 0.5) is 0 Å². The molecular weight excluding hydrogens is 270 g/mol. The fourth-order valence-electron chi connectivity index (χ4n) is 3.15. The predicted molar refractivity (Wildman–Crippen MR) is 81.7 cm³/mol. The van der Waals surface area contributed by atoms with E-state index >= 15 is 0 Å². The van der Waals surface area contributed by atoms with E-state index < -0.39 is 0 Å². The summed E-state index contributed by atoms with van der Waals surface area (Å²) >= 11 is 1.69. The molecule has 2 unspecified atom stereocenters. The van der Waals surface area contributed by atoms with Crippen LogP contribution in [0.15, 0.2) is 16.8 Å². The largest absolute Gasteiger partial charge is 0.320 e. The molecule has 0 aliphatic carbocycles. The van der Waals surface area contributed by atoms with E-state index in [1.807, 2.05) is 11.8 Å². The second-order valence-electron chi connectivity index (χ2n) is 5.78. The fourth-order valence-corrected chi connectivity index (χ4v) is 3.83. The molecule has 1 aromatic heterocycles. The van der Waals surface area contributed by atoms with Gasteiger partial charge < -0.3 is 9.80 Å². The Hall–Kier alpha value is -0.910. The van der Waals surface area contributed by atoms with E-state index in [1.165, 1.54) is 37.9 Å². The monoisotopic (exact) mass is 293 g/mol. The lowest BCUT2D eigenvalue weighted by Gasteiger charge is -2.30. The van der Waals surface area contributed by atoms with Crippen molar-refractivity contribution in [2.75, 3.05) is 26.2 Å². The molecule has 0 spiro atoms. The highest BCUT2D eigenvalue weighted by Crippen LogP contribution is 2.26. The Morgan fingerprint density at radius 2 is 2.10 bits per heavy atom. The molecule has 0 radical (unpaired) electrons. The molecule has 20 heavy (non-hydrogen) atoms. The molecule has 3 heterocycles.